The van der Waals surface area contributed by atoms with E-state index in [2.05, 4.69) is 97.8 Å². The molecule has 6 heteroatoms. The standard InChI is InChI=1S/C33H41N3O2S/c1-6-20-39-21-19-36-32(37)26-13-11-12-14-27(26)33(36)28-17-15-24(34(7-2)8-3)22-30(28)38-31-23-25(16-18-29(31)33)35(9-4)10-5/h11-18,22-23H,6-10,19-21H2,1-5H3. The summed E-state index contributed by atoms with van der Waals surface area (Å²) >= 11 is 1.92. The van der Waals surface area contributed by atoms with Gasteiger partial charge in [0.05, 0.1) is 0 Å². The highest BCUT2D eigenvalue weighted by Crippen LogP contribution is 2.58. The molecule has 3 aromatic rings. The minimum absolute atomic E-state index is 0.0992. The lowest BCUT2D eigenvalue weighted by Gasteiger charge is -2.45. The molecule has 1 amide bonds. The van der Waals surface area contributed by atoms with Gasteiger partial charge in [-0.2, -0.15) is 11.8 Å². The first-order chi connectivity index (χ1) is 19.0. The minimum atomic E-state index is -0.729. The number of hydrogen-bond acceptors (Lipinski definition) is 5. The normalized spacial score (nSPS) is 14.6. The number of carbonyl (C=O) groups excluding carboxylic acids is 1. The maximum absolute atomic E-state index is 14.1. The molecule has 0 N–H and O–H groups in total. The van der Waals surface area contributed by atoms with Crippen molar-refractivity contribution >= 4 is 29.0 Å². The summed E-state index contributed by atoms with van der Waals surface area (Å²) in [6.45, 7) is 15.3. The number of hydrogen-bond donors (Lipinski definition) is 0. The zero-order chi connectivity index (χ0) is 27.6. The van der Waals surface area contributed by atoms with Crippen LogP contribution in [0.1, 0.15) is 68.1 Å². The van der Waals surface area contributed by atoms with Crippen LogP contribution in [0, 0.1) is 0 Å². The number of fused-ring (bicyclic) bond motifs is 6. The predicted octanol–water partition coefficient (Wildman–Crippen LogP) is 7.38. The van der Waals surface area contributed by atoms with E-state index in [-0.39, 0.29) is 5.91 Å². The van der Waals surface area contributed by atoms with Gasteiger partial charge in [-0.3, -0.25) is 4.79 Å². The van der Waals surface area contributed by atoms with Crippen LogP contribution in [0.5, 0.6) is 11.5 Å². The molecule has 1 spiro atoms. The van der Waals surface area contributed by atoms with Gasteiger partial charge < -0.3 is 19.4 Å². The van der Waals surface area contributed by atoms with Crippen LogP contribution >= 0.6 is 11.8 Å². The second kappa shape index (κ2) is 11.5. The Bertz CT molecular complexity index is 1270. The van der Waals surface area contributed by atoms with Gasteiger partial charge in [0.2, 0.25) is 0 Å². The highest BCUT2D eigenvalue weighted by atomic mass is 32.2. The molecule has 206 valence electrons. The summed E-state index contributed by atoms with van der Waals surface area (Å²) < 4.78 is 6.77. The molecule has 2 aliphatic rings. The average Bonchev–Trinajstić information content (AvgIpc) is 3.20. The molecule has 2 aliphatic heterocycles. The molecule has 0 bridgehead atoms. The minimum Gasteiger partial charge on any atom is -0.456 e. The summed E-state index contributed by atoms with van der Waals surface area (Å²) in [6.07, 6.45) is 1.13. The molecular weight excluding hydrogens is 502 g/mol. The Labute approximate surface area is 238 Å². The maximum atomic E-state index is 14.1. The molecule has 5 rings (SSSR count). The van der Waals surface area contributed by atoms with E-state index in [9.17, 15) is 4.79 Å². The van der Waals surface area contributed by atoms with Crippen LogP contribution in [0.2, 0.25) is 0 Å². The van der Waals surface area contributed by atoms with Crippen molar-refractivity contribution in [2.45, 2.75) is 46.6 Å². The number of nitrogens with zero attached hydrogens (tertiary/aromatic N) is 3. The first-order valence-corrected chi connectivity index (χ1v) is 15.7. The zero-order valence-electron chi connectivity index (χ0n) is 24.0. The molecule has 0 aliphatic carbocycles. The fourth-order valence-corrected chi connectivity index (χ4v) is 7.11. The summed E-state index contributed by atoms with van der Waals surface area (Å²) in [5.74, 6) is 3.76. The van der Waals surface area contributed by atoms with Crippen molar-refractivity contribution in [2.75, 3.05) is 54.0 Å². The highest BCUT2D eigenvalue weighted by Gasteiger charge is 2.56. The van der Waals surface area contributed by atoms with Crippen molar-refractivity contribution in [3.63, 3.8) is 0 Å². The van der Waals surface area contributed by atoms with Crippen LogP contribution in [0.15, 0.2) is 60.7 Å². The van der Waals surface area contributed by atoms with Gasteiger partial charge in [-0.25, -0.2) is 0 Å². The van der Waals surface area contributed by atoms with Crippen molar-refractivity contribution in [1.82, 2.24) is 4.90 Å². The zero-order valence-corrected chi connectivity index (χ0v) is 24.8. The Morgan fingerprint density at radius 2 is 1.31 bits per heavy atom. The van der Waals surface area contributed by atoms with Gasteiger partial charge >= 0.3 is 0 Å². The van der Waals surface area contributed by atoms with Crippen LogP contribution in [-0.2, 0) is 5.54 Å². The van der Waals surface area contributed by atoms with Gasteiger partial charge in [0.25, 0.3) is 5.91 Å². The van der Waals surface area contributed by atoms with E-state index >= 15 is 0 Å². The van der Waals surface area contributed by atoms with Gasteiger partial charge in [-0.05, 0) is 63.6 Å². The molecule has 0 unspecified atom stereocenters. The van der Waals surface area contributed by atoms with Crippen LogP contribution in [-0.4, -0.2) is 55.0 Å². The SMILES string of the molecule is CCCSCCN1C(=O)c2ccccc2C12c1ccc(N(CC)CC)cc1Oc1cc(N(CC)CC)ccc12. The lowest BCUT2D eigenvalue weighted by Crippen LogP contribution is -2.48. The second-order valence-corrected chi connectivity index (χ2v) is 11.4. The number of thioether (sulfide) groups is 1. The Balaban J connectivity index is 1.77. The van der Waals surface area contributed by atoms with Crippen molar-refractivity contribution < 1.29 is 9.53 Å². The fraction of sp³-hybridized carbons (Fsp3) is 0.424. The quantitative estimate of drug-likeness (QED) is 0.236. The van der Waals surface area contributed by atoms with Crippen molar-refractivity contribution in [3.8, 4) is 11.5 Å². The number of benzene rings is 3. The topological polar surface area (TPSA) is 36.0 Å². The number of anilines is 2. The first-order valence-electron chi connectivity index (χ1n) is 14.5. The molecule has 0 fully saturated rings. The fourth-order valence-electron chi connectivity index (χ4n) is 6.30. The van der Waals surface area contributed by atoms with Gasteiger partial charge in [0.1, 0.15) is 17.0 Å². The summed E-state index contributed by atoms with van der Waals surface area (Å²) in [5.41, 5.74) is 5.47. The smallest absolute Gasteiger partial charge is 0.255 e. The maximum Gasteiger partial charge on any atom is 0.255 e. The van der Waals surface area contributed by atoms with E-state index in [0.29, 0.717) is 6.54 Å². The number of ether oxygens (including phenoxy) is 1. The van der Waals surface area contributed by atoms with Crippen LogP contribution in [0.3, 0.4) is 0 Å². The second-order valence-electron chi connectivity index (χ2n) is 10.1. The monoisotopic (exact) mass is 543 g/mol. The summed E-state index contributed by atoms with van der Waals surface area (Å²) in [7, 11) is 0. The van der Waals surface area contributed by atoms with Crippen molar-refractivity contribution in [1.29, 1.82) is 0 Å². The third-order valence-electron chi connectivity index (χ3n) is 8.19. The third kappa shape index (κ3) is 4.47. The Morgan fingerprint density at radius 3 is 1.85 bits per heavy atom. The van der Waals surface area contributed by atoms with E-state index in [1.807, 2.05) is 23.9 Å². The molecule has 0 radical (unpaired) electrons. The van der Waals surface area contributed by atoms with Gasteiger partial charge in [0, 0.05) is 78.7 Å². The van der Waals surface area contributed by atoms with Gasteiger partial charge in [-0.15, -0.1) is 0 Å². The summed E-state index contributed by atoms with van der Waals surface area (Å²) in [6, 6.07) is 21.3. The Kier molecular flexibility index (Phi) is 8.13. The lowest BCUT2D eigenvalue weighted by molar-refractivity contribution is 0.0682. The molecule has 39 heavy (non-hydrogen) atoms. The molecular formula is C33H41N3O2S. The van der Waals surface area contributed by atoms with Crippen LogP contribution in [0.25, 0.3) is 0 Å². The molecule has 0 saturated heterocycles. The van der Waals surface area contributed by atoms with Crippen molar-refractivity contribution in [3.05, 3.63) is 82.9 Å². The van der Waals surface area contributed by atoms with E-state index in [1.165, 1.54) is 0 Å². The molecule has 0 atom stereocenters. The summed E-state index contributed by atoms with van der Waals surface area (Å²) in [5, 5.41) is 0. The summed E-state index contributed by atoms with van der Waals surface area (Å²) in [4.78, 5) is 20.9. The number of amides is 1. The van der Waals surface area contributed by atoms with E-state index in [4.69, 9.17) is 4.74 Å². The van der Waals surface area contributed by atoms with Crippen LogP contribution in [0.4, 0.5) is 11.4 Å². The molecule has 0 aromatic heterocycles. The molecule has 3 aromatic carbocycles. The largest absolute Gasteiger partial charge is 0.456 e. The van der Waals surface area contributed by atoms with E-state index < -0.39 is 5.54 Å². The van der Waals surface area contributed by atoms with Crippen molar-refractivity contribution in [2.24, 2.45) is 0 Å². The van der Waals surface area contributed by atoms with Gasteiger partial charge in [-0.1, -0.05) is 37.3 Å². The number of carbonyl (C=O) groups is 1. The molecule has 5 nitrogen and oxygen atoms in total. The lowest BCUT2D eigenvalue weighted by atomic mass is 9.74. The molecule has 0 saturated carbocycles. The average molecular weight is 544 g/mol. The predicted molar refractivity (Wildman–Crippen MR) is 165 cm³/mol. The van der Waals surface area contributed by atoms with E-state index in [1.54, 1.807) is 0 Å². The van der Waals surface area contributed by atoms with Crippen LogP contribution < -0.4 is 14.5 Å². The molecule has 2 heterocycles. The number of rotatable bonds is 11. The highest BCUT2D eigenvalue weighted by molar-refractivity contribution is 7.99. The third-order valence-corrected chi connectivity index (χ3v) is 9.36. The Hall–Kier alpha value is -3.12. The van der Waals surface area contributed by atoms with Gasteiger partial charge in [0.15, 0.2) is 0 Å². The van der Waals surface area contributed by atoms with E-state index in [0.717, 1.165) is 89.2 Å². The Morgan fingerprint density at radius 1 is 0.744 bits per heavy atom. The first kappa shape index (κ1) is 27.4.